The summed E-state index contributed by atoms with van der Waals surface area (Å²) in [5, 5.41) is 5.87. The predicted octanol–water partition coefficient (Wildman–Crippen LogP) is 3.71. The average Bonchev–Trinajstić information content (AvgIpc) is 2.49. The van der Waals surface area contributed by atoms with Crippen LogP contribution < -0.4 is 11.1 Å². The van der Waals surface area contributed by atoms with Crippen molar-refractivity contribution in [1.82, 2.24) is 5.32 Å². The van der Waals surface area contributed by atoms with Crippen LogP contribution >= 0.6 is 0 Å². The molecule has 0 bridgehead atoms. The first-order valence-corrected chi connectivity index (χ1v) is 6.85. The minimum Gasteiger partial charge on any atom is -0.398 e. The van der Waals surface area contributed by atoms with Gasteiger partial charge in [0.1, 0.15) is 0 Å². The van der Waals surface area contributed by atoms with E-state index in [1.54, 1.807) is 0 Å². The van der Waals surface area contributed by atoms with Crippen molar-refractivity contribution in [2.75, 3.05) is 5.73 Å². The van der Waals surface area contributed by atoms with Crippen LogP contribution in [0.25, 0.3) is 10.8 Å². The van der Waals surface area contributed by atoms with Gasteiger partial charge in [0.25, 0.3) is 0 Å². The lowest BCUT2D eigenvalue weighted by atomic mass is 10.0. The Morgan fingerprint density at radius 3 is 2.15 bits per heavy atom. The largest absolute Gasteiger partial charge is 0.398 e. The van der Waals surface area contributed by atoms with Gasteiger partial charge in [-0.05, 0) is 34.0 Å². The first-order chi connectivity index (χ1) is 9.83. The van der Waals surface area contributed by atoms with Crippen molar-refractivity contribution in [3.8, 4) is 0 Å². The Kier molecular flexibility index (Phi) is 3.66. The molecule has 0 fully saturated rings. The van der Waals surface area contributed by atoms with Gasteiger partial charge >= 0.3 is 0 Å². The highest BCUT2D eigenvalue weighted by atomic mass is 14.9. The summed E-state index contributed by atoms with van der Waals surface area (Å²) in [7, 11) is 0. The van der Waals surface area contributed by atoms with Gasteiger partial charge < -0.3 is 11.1 Å². The molecule has 100 valence electrons. The van der Waals surface area contributed by atoms with Crippen LogP contribution in [0.2, 0.25) is 0 Å². The van der Waals surface area contributed by atoms with E-state index in [4.69, 9.17) is 5.73 Å². The smallest absolute Gasteiger partial charge is 0.0366 e. The van der Waals surface area contributed by atoms with Crippen LogP contribution in [-0.4, -0.2) is 0 Å². The third kappa shape index (κ3) is 2.81. The van der Waals surface area contributed by atoms with Gasteiger partial charge in [-0.15, -0.1) is 0 Å². The van der Waals surface area contributed by atoms with Gasteiger partial charge in [0.2, 0.25) is 0 Å². The van der Waals surface area contributed by atoms with E-state index in [1.165, 1.54) is 16.3 Å². The molecule has 0 atom stereocenters. The Balaban J connectivity index is 1.72. The summed E-state index contributed by atoms with van der Waals surface area (Å²) in [6.45, 7) is 1.64. The Morgan fingerprint density at radius 2 is 1.40 bits per heavy atom. The second kappa shape index (κ2) is 5.76. The fourth-order valence-corrected chi connectivity index (χ4v) is 2.40. The monoisotopic (exact) mass is 262 g/mol. The van der Waals surface area contributed by atoms with Crippen molar-refractivity contribution >= 4 is 16.5 Å². The predicted molar refractivity (Wildman–Crippen MR) is 85.3 cm³/mol. The lowest BCUT2D eigenvalue weighted by Crippen LogP contribution is -2.13. The van der Waals surface area contributed by atoms with Gasteiger partial charge in [0.15, 0.2) is 0 Å². The van der Waals surface area contributed by atoms with E-state index in [0.29, 0.717) is 0 Å². The highest BCUT2D eigenvalue weighted by Gasteiger charge is 2.02. The second-order valence-electron chi connectivity index (χ2n) is 4.99. The lowest BCUT2D eigenvalue weighted by Gasteiger charge is -2.09. The molecule has 0 saturated carbocycles. The third-order valence-electron chi connectivity index (χ3n) is 3.49. The van der Waals surface area contributed by atoms with Crippen molar-refractivity contribution in [2.45, 2.75) is 13.1 Å². The molecule has 0 aliphatic rings. The molecule has 0 saturated heterocycles. The Hall–Kier alpha value is -2.32. The second-order valence-corrected chi connectivity index (χ2v) is 4.99. The van der Waals surface area contributed by atoms with Gasteiger partial charge in [-0.2, -0.15) is 0 Å². The van der Waals surface area contributed by atoms with E-state index in [0.717, 1.165) is 24.3 Å². The van der Waals surface area contributed by atoms with Crippen LogP contribution in [-0.2, 0) is 13.1 Å². The molecule has 3 aromatic carbocycles. The molecule has 0 aliphatic heterocycles. The SMILES string of the molecule is Nc1cc2ccccc2cc1CNCc1ccccc1. The van der Waals surface area contributed by atoms with E-state index < -0.39 is 0 Å². The standard InChI is InChI=1S/C18H18N2/c19-18-11-16-9-5-4-8-15(16)10-17(18)13-20-12-14-6-2-1-3-7-14/h1-11,20H,12-13,19H2. The maximum atomic E-state index is 6.13. The third-order valence-corrected chi connectivity index (χ3v) is 3.49. The number of fused-ring (bicyclic) bond motifs is 1. The molecule has 3 rings (SSSR count). The molecule has 0 amide bonds. The molecule has 3 N–H and O–H groups in total. The van der Waals surface area contributed by atoms with E-state index in [9.17, 15) is 0 Å². The highest BCUT2D eigenvalue weighted by molar-refractivity contribution is 5.86. The molecular weight excluding hydrogens is 244 g/mol. The number of hydrogen-bond acceptors (Lipinski definition) is 2. The molecule has 0 heterocycles. The van der Waals surface area contributed by atoms with Crippen LogP contribution in [0.1, 0.15) is 11.1 Å². The zero-order chi connectivity index (χ0) is 13.8. The maximum absolute atomic E-state index is 6.13. The number of nitrogen functional groups attached to an aromatic ring is 1. The number of benzene rings is 3. The molecule has 0 aromatic heterocycles. The number of nitrogens with two attached hydrogens (primary N) is 1. The van der Waals surface area contributed by atoms with Crippen LogP contribution in [0, 0.1) is 0 Å². The Morgan fingerprint density at radius 1 is 0.750 bits per heavy atom. The van der Waals surface area contributed by atoms with Gasteiger partial charge in [-0.1, -0.05) is 54.6 Å². The van der Waals surface area contributed by atoms with Crippen LogP contribution in [0.5, 0.6) is 0 Å². The average molecular weight is 262 g/mol. The maximum Gasteiger partial charge on any atom is 0.0366 e. The van der Waals surface area contributed by atoms with Crippen LogP contribution in [0.15, 0.2) is 66.7 Å². The number of nitrogens with one attached hydrogen (secondary N) is 1. The summed E-state index contributed by atoms with van der Waals surface area (Å²) >= 11 is 0. The molecule has 0 unspecified atom stereocenters. The summed E-state index contributed by atoms with van der Waals surface area (Å²) < 4.78 is 0. The molecule has 3 aromatic rings. The molecule has 0 radical (unpaired) electrons. The highest BCUT2D eigenvalue weighted by Crippen LogP contribution is 2.21. The minimum atomic E-state index is 0.783. The summed E-state index contributed by atoms with van der Waals surface area (Å²) in [6.07, 6.45) is 0. The molecule has 20 heavy (non-hydrogen) atoms. The molecular formula is C18H18N2. The molecule has 0 spiro atoms. The zero-order valence-corrected chi connectivity index (χ0v) is 11.3. The van der Waals surface area contributed by atoms with Gasteiger partial charge in [-0.25, -0.2) is 0 Å². The van der Waals surface area contributed by atoms with Crippen molar-refractivity contribution in [1.29, 1.82) is 0 Å². The van der Waals surface area contributed by atoms with E-state index in [2.05, 4.69) is 59.9 Å². The van der Waals surface area contributed by atoms with Crippen LogP contribution in [0.3, 0.4) is 0 Å². The molecule has 2 heteroatoms. The van der Waals surface area contributed by atoms with Gasteiger partial charge in [0, 0.05) is 18.8 Å². The summed E-state index contributed by atoms with van der Waals surface area (Å²) in [6, 6.07) is 22.9. The van der Waals surface area contributed by atoms with E-state index in [1.807, 2.05) is 12.1 Å². The summed E-state index contributed by atoms with van der Waals surface area (Å²) in [4.78, 5) is 0. The summed E-state index contributed by atoms with van der Waals surface area (Å²) in [5.74, 6) is 0. The number of hydrogen-bond donors (Lipinski definition) is 2. The first kappa shape index (κ1) is 12.7. The lowest BCUT2D eigenvalue weighted by molar-refractivity contribution is 0.695. The zero-order valence-electron chi connectivity index (χ0n) is 11.3. The number of rotatable bonds is 4. The van der Waals surface area contributed by atoms with Crippen molar-refractivity contribution in [3.63, 3.8) is 0 Å². The molecule has 2 nitrogen and oxygen atoms in total. The van der Waals surface area contributed by atoms with Gasteiger partial charge in [0.05, 0.1) is 0 Å². The van der Waals surface area contributed by atoms with Crippen LogP contribution in [0.4, 0.5) is 5.69 Å². The van der Waals surface area contributed by atoms with E-state index >= 15 is 0 Å². The minimum absolute atomic E-state index is 0.783. The fraction of sp³-hybridized carbons (Fsp3) is 0.111. The Labute approximate surface area is 119 Å². The van der Waals surface area contributed by atoms with Gasteiger partial charge in [-0.3, -0.25) is 0 Å². The fourth-order valence-electron chi connectivity index (χ4n) is 2.40. The number of anilines is 1. The van der Waals surface area contributed by atoms with Crippen molar-refractivity contribution in [3.05, 3.63) is 77.9 Å². The Bertz CT molecular complexity index is 705. The van der Waals surface area contributed by atoms with Crippen molar-refractivity contribution in [2.24, 2.45) is 0 Å². The van der Waals surface area contributed by atoms with Crippen molar-refractivity contribution < 1.29 is 0 Å². The first-order valence-electron chi connectivity index (χ1n) is 6.85. The normalized spacial score (nSPS) is 10.8. The van der Waals surface area contributed by atoms with E-state index in [-0.39, 0.29) is 0 Å². The molecule has 0 aliphatic carbocycles. The quantitative estimate of drug-likeness (QED) is 0.703. The summed E-state index contributed by atoms with van der Waals surface area (Å²) in [5.41, 5.74) is 9.41. The topological polar surface area (TPSA) is 38.0 Å².